The average molecular weight is 399 g/mol. The van der Waals surface area contributed by atoms with Crippen LogP contribution in [-0.2, 0) is 11.3 Å². The van der Waals surface area contributed by atoms with Crippen LogP contribution in [0.3, 0.4) is 0 Å². The molecular weight excluding hydrogens is 384 g/mol. The highest BCUT2D eigenvalue weighted by atomic mass is 32.2. The van der Waals surface area contributed by atoms with Crippen LogP contribution < -0.4 is 5.32 Å². The van der Waals surface area contributed by atoms with Crippen LogP contribution >= 0.6 is 34.6 Å². The molecular formula is C18H14N4OS3. The largest absolute Gasteiger partial charge is 0.350 e. The Hall–Kier alpha value is -2.29. The lowest BCUT2D eigenvalue weighted by Gasteiger charge is -2.04. The number of nitrogens with one attached hydrogen (secondary N) is 1. The zero-order valence-corrected chi connectivity index (χ0v) is 16.0. The predicted octanol–water partition coefficient (Wildman–Crippen LogP) is 4.22. The fourth-order valence-electron chi connectivity index (χ4n) is 2.42. The molecule has 0 saturated heterocycles. The van der Waals surface area contributed by atoms with Gasteiger partial charge in [0.25, 0.3) is 0 Å². The van der Waals surface area contributed by atoms with Gasteiger partial charge in [0.15, 0.2) is 0 Å². The fraction of sp³-hybridized carbons (Fsp3) is 0.111. The molecule has 0 saturated carbocycles. The molecule has 0 spiro atoms. The Balaban J connectivity index is 1.47. The van der Waals surface area contributed by atoms with Gasteiger partial charge in [0.1, 0.15) is 27.3 Å². The maximum atomic E-state index is 12.1. The van der Waals surface area contributed by atoms with Crippen LogP contribution in [0.2, 0.25) is 0 Å². The van der Waals surface area contributed by atoms with Crippen molar-refractivity contribution in [1.82, 2.24) is 19.7 Å². The molecule has 8 heteroatoms. The van der Waals surface area contributed by atoms with Gasteiger partial charge in [-0.25, -0.2) is 9.97 Å². The molecule has 0 unspecified atom stereocenters. The Morgan fingerprint density at radius 3 is 2.81 bits per heavy atom. The Morgan fingerprint density at radius 2 is 2.00 bits per heavy atom. The third kappa shape index (κ3) is 3.77. The number of carbonyl (C=O) groups is 1. The number of hydrogen-bond donors (Lipinski definition) is 1. The Bertz CT molecular complexity index is 1020. The molecule has 5 nitrogen and oxygen atoms in total. The van der Waals surface area contributed by atoms with Crippen molar-refractivity contribution in [3.63, 3.8) is 0 Å². The molecule has 4 rings (SSSR count). The number of benzene rings is 1. The van der Waals surface area contributed by atoms with Crippen LogP contribution in [0.1, 0.15) is 4.88 Å². The lowest BCUT2D eigenvalue weighted by Crippen LogP contribution is -2.24. The normalized spacial score (nSPS) is 10.9. The smallest absolute Gasteiger partial charge is 0.230 e. The molecule has 0 aliphatic heterocycles. The van der Waals surface area contributed by atoms with Crippen molar-refractivity contribution in [3.05, 3.63) is 59.0 Å². The first-order chi connectivity index (χ1) is 12.8. The van der Waals surface area contributed by atoms with Gasteiger partial charge in [-0.1, -0.05) is 48.2 Å². The molecule has 3 aromatic heterocycles. The molecule has 130 valence electrons. The summed E-state index contributed by atoms with van der Waals surface area (Å²) in [6.45, 7) is 0.564. The molecule has 0 aliphatic carbocycles. The highest BCUT2D eigenvalue weighted by Crippen LogP contribution is 2.34. The molecule has 0 radical (unpaired) electrons. The number of carbonyl (C=O) groups excluding carboxylic acids is 1. The van der Waals surface area contributed by atoms with Crippen molar-refractivity contribution >= 4 is 50.8 Å². The highest BCUT2D eigenvalue weighted by Gasteiger charge is 2.15. The molecule has 1 amide bonds. The number of amides is 1. The van der Waals surface area contributed by atoms with E-state index in [-0.39, 0.29) is 5.91 Å². The Kier molecular flexibility index (Phi) is 5.24. The highest BCUT2D eigenvalue weighted by molar-refractivity contribution is 8.00. The van der Waals surface area contributed by atoms with Gasteiger partial charge in [-0.15, -0.1) is 11.3 Å². The fourth-order valence-corrected chi connectivity index (χ4v) is 4.81. The quantitative estimate of drug-likeness (QED) is 0.389. The molecule has 1 N–H and O–H groups in total. The Labute approximate surface area is 162 Å². The summed E-state index contributed by atoms with van der Waals surface area (Å²) in [5.41, 5.74) is 2.72. The van der Waals surface area contributed by atoms with E-state index in [4.69, 9.17) is 0 Å². The number of rotatable bonds is 6. The first-order valence-corrected chi connectivity index (χ1v) is 10.5. The molecule has 4 aromatic rings. The summed E-state index contributed by atoms with van der Waals surface area (Å²) in [6.07, 6.45) is 1.54. The van der Waals surface area contributed by atoms with Gasteiger partial charge < -0.3 is 5.32 Å². The minimum Gasteiger partial charge on any atom is -0.350 e. The second-order valence-electron chi connectivity index (χ2n) is 5.40. The van der Waals surface area contributed by atoms with E-state index in [0.717, 1.165) is 31.4 Å². The maximum absolute atomic E-state index is 12.1. The van der Waals surface area contributed by atoms with Crippen molar-refractivity contribution in [2.45, 2.75) is 11.6 Å². The number of thioether (sulfide) groups is 1. The van der Waals surface area contributed by atoms with Crippen molar-refractivity contribution in [3.8, 4) is 11.3 Å². The van der Waals surface area contributed by atoms with Crippen LogP contribution in [0.5, 0.6) is 0 Å². The van der Waals surface area contributed by atoms with Crippen LogP contribution in [0.25, 0.3) is 21.5 Å². The molecule has 0 aliphatic rings. The summed E-state index contributed by atoms with van der Waals surface area (Å²) in [5.74, 6) is 0.304. The molecule has 0 fully saturated rings. The van der Waals surface area contributed by atoms with Crippen LogP contribution in [0.15, 0.2) is 59.2 Å². The van der Waals surface area contributed by atoms with E-state index in [0.29, 0.717) is 12.3 Å². The maximum Gasteiger partial charge on any atom is 0.230 e. The van der Waals surface area contributed by atoms with Gasteiger partial charge >= 0.3 is 0 Å². The van der Waals surface area contributed by atoms with Gasteiger partial charge in [-0.2, -0.15) is 4.37 Å². The van der Waals surface area contributed by atoms with Crippen molar-refractivity contribution in [2.24, 2.45) is 0 Å². The van der Waals surface area contributed by atoms with Crippen LogP contribution in [0, 0.1) is 0 Å². The van der Waals surface area contributed by atoms with Gasteiger partial charge in [-0.3, -0.25) is 4.79 Å². The van der Waals surface area contributed by atoms with E-state index in [1.807, 2.05) is 47.8 Å². The van der Waals surface area contributed by atoms with Gasteiger partial charge in [-0.05, 0) is 23.0 Å². The standard InChI is InChI=1S/C18H14N4OS3/c23-14(19-9-13-7-4-8-24-13)10-25-18-17-16(20-11-21-18)15(22-26-17)12-5-2-1-3-6-12/h1-8,11H,9-10H2,(H,19,23). The summed E-state index contributed by atoms with van der Waals surface area (Å²) in [7, 11) is 0. The molecule has 1 aromatic carbocycles. The molecule has 0 bridgehead atoms. The lowest BCUT2D eigenvalue weighted by atomic mass is 10.1. The third-order valence-electron chi connectivity index (χ3n) is 3.65. The zero-order chi connectivity index (χ0) is 17.8. The van der Waals surface area contributed by atoms with Crippen molar-refractivity contribution in [2.75, 3.05) is 5.75 Å². The topological polar surface area (TPSA) is 67.8 Å². The van der Waals surface area contributed by atoms with E-state index in [9.17, 15) is 4.79 Å². The third-order valence-corrected chi connectivity index (χ3v) is 6.49. The molecule has 26 heavy (non-hydrogen) atoms. The van der Waals surface area contributed by atoms with Crippen molar-refractivity contribution in [1.29, 1.82) is 0 Å². The van der Waals surface area contributed by atoms with Gasteiger partial charge in [0, 0.05) is 10.4 Å². The van der Waals surface area contributed by atoms with Crippen LogP contribution in [-0.4, -0.2) is 26.0 Å². The number of thiophene rings is 1. The minimum absolute atomic E-state index is 0.0111. The van der Waals surface area contributed by atoms with E-state index < -0.39 is 0 Å². The summed E-state index contributed by atoms with van der Waals surface area (Å²) in [6, 6.07) is 14.0. The second-order valence-corrected chi connectivity index (χ2v) is 8.17. The zero-order valence-electron chi connectivity index (χ0n) is 13.6. The average Bonchev–Trinajstić information content (AvgIpc) is 3.35. The van der Waals surface area contributed by atoms with E-state index >= 15 is 0 Å². The molecule has 3 heterocycles. The van der Waals surface area contributed by atoms with E-state index in [2.05, 4.69) is 19.7 Å². The number of aromatic nitrogens is 3. The van der Waals surface area contributed by atoms with E-state index in [1.54, 1.807) is 11.3 Å². The monoisotopic (exact) mass is 398 g/mol. The summed E-state index contributed by atoms with van der Waals surface area (Å²) >= 11 is 4.42. The van der Waals surface area contributed by atoms with Crippen LogP contribution in [0.4, 0.5) is 0 Å². The summed E-state index contributed by atoms with van der Waals surface area (Å²) in [5, 5.41) is 5.72. The number of nitrogens with zero attached hydrogens (tertiary/aromatic N) is 3. The minimum atomic E-state index is -0.0111. The first-order valence-electron chi connectivity index (χ1n) is 7.89. The SMILES string of the molecule is O=C(CSc1ncnc2c(-c3ccccc3)nsc12)NCc1cccs1. The molecule has 0 atom stereocenters. The van der Waals surface area contributed by atoms with Gasteiger partial charge in [0.05, 0.1) is 12.3 Å². The lowest BCUT2D eigenvalue weighted by molar-refractivity contribution is -0.118. The second kappa shape index (κ2) is 7.94. The van der Waals surface area contributed by atoms with E-state index in [1.165, 1.54) is 29.6 Å². The summed E-state index contributed by atoms with van der Waals surface area (Å²) in [4.78, 5) is 22.0. The number of hydrogen-bond acceptors (Lipinski definition) is 7. The van der Waals surface area contributed by atoms with Crippen molar-refractivity contribution < 1.29 is 4.79 Å². The predicted molar refractivity (Wildman–Crippen MR) is 108 cm³/mol. The van der Waals surface area contributed by atoms with Gasteiger partial charge in [0.2, 0.25) is 5.91 Å². The first kappa shape index (κ1) is 17.1. The summed E-state index contributed by atoms with van der Waals surface area (Å²) < 4.78 is 5.47. The Morgan fingerprint density at radius 1 is 1.12 bits per heavy atom. The number of fused-ring (bicyclic) bond motifs is 1.